The quantitative estimate of drug-likeness (QED) is 0.0633. The molecule has 0 bridgehead atoms. The van der Waals surface area contributed by atoms with Crippen LogP contribution in [0.4, 0.5) is 62.7 Å². The molecule has 8 aliphatic heterocycles. The third-order valence-electron chi connectivity index (χ3n) is 25.9. The van der Waals surface area contributed by atoms with Crippen LogP contribution in [-0.2, 0) is 52.6 Å². The number of ether oxygens (including phenoxy) is 4. The van der Waals surface area contributed by atoms with Gasteiger partial charge in [-0.15, -0.1) is 0 Å². The Kier molecular flexibility index (Phi) is 24.6. The Hall–Kier alpha value is -12.2. The molecule has 0 aliphatic carbocycles. The van der Waals surface area contributed by atoms with Gasteiger partial charge in [0.2, 0.25) is 0 Å². The second-order valence-electron chi connectivity index (χ2n) is 36.6. The number of thiazole rings is 3. The summed E-state index contributed by atoms with van der Waals surface area (Å²) in [5, 5.41) is 68.2. The third-order valence-corrected chi connectivity index (χ3v) is 29.0. The molecule has 2 amide bonds. The van der Waals surface area contributed by atoms with Gasteiger partial charge in [0.05, 0.1) is 89.1 Å². The molecule has 12 aromatic rings. The lowest BCUT2D eigenvalue weighted by Crippen LogP contribution is -2.74. The van der Waals surface area contributed by atoms with E-state index < -0.39 is 30.5 Å². The maximum Gasteiger partial charge on any atom is 0.311 e. The number of aliphatic hydroxyl groups excluding tert-OH is 2. The summed E-state index contributed by atoms with van der Waals surface area (Å²) < 4.78 is 67.6. The van der Waals surface area contributed by atoms with Gasteiger partial charge in [-0.1, -0.05) is 54.8 Å². The molecule has 17 heterocycles. The molecule has 9 aromatic heterocycles. The molecule has 8 aliphatic rings. The van der Waals surface area contributed by atoms with Crippen molar-refractivity contribution in [2.24, 2.45) is 22.2 Å². The van der Waals surface area contributed by atoms with Crippen molar-refractivity contribution in [3.63, 3.8) is 0 Å². The molecule has 8 saturated heterocycles. The minimum Gasteiger partial charge on any atom is -0.469 e. The molecule has 3 unspecified atom stereocenters. The average molecular weight is 1840 g/mol. The number of amides is 2. The molecular weight excluding hydrogens is 1730 g/mol. The van der Waals surface area contributed by atoms with Gasteiger partial charge in [0.25, 0.3) is 11.8 Å². The maximum absolute atomic E-state index is 13.6. The van der Waals surface area contributed by atoms with Gasteiger partial charge < -0.3 is 73.7 Å². The van der Waals surface area contributed by atoms with Crippen LogP contribution in [0, 0.1) is 94.4 Å². The first-order chi connectivity index (χ1) is 62.6. The summed E-state index contributed by atoms with van der Waals surface area (Å²) in [6.07, 6.45) is 7.27. The number of likely N-dealkylation sites (tertiary alicyclic amines) is 2. The van der Waals surface area contributed by atoms with Crippen molar-refractivity contribution in [2.75, 3.05) is 156 Å². The molecule has 0 radical (unpaired) electrons. The molecule has 131 heavy (non-hydrogen) atoms. The summed E-state index contributed by atoms with van der Waals surface area (Å²) in [7, 11) is 7.25. The highest BCUT2D eigenvalue weighted by atomic mass is 32.1. The van der Waals surface area contributed by atoms with E-state index in [0.29, 0.717) is 96.4 Å². The molecule has 3 atom stereocenters. The van der Waals surface area contributed by atoms with E-state index in [1.54, 1.807) is 41.3 Å². The summed E-state index contributed by atoms with van der Waals surface area (Å²) in [6, 6.07) is 31.5. The fraction of sp³-hybridized carbons (Fsp3) is 0.432. The highest BCUT2D eigenvalue weighted by Crippen LogP contribution is 2.50. The summed E-state index contributed by atoms with van der Waals surface area (Å²) in [5.74, 6) is -2.33. The Morgan fingerprint density at radius 2 is 0.893 bits per heavy atom. The Morgan fingerprint density at radius 1 is 0.542 bits per heavy atom. The van der Waals surface area contributed by atoms with Crippen LogP contribution in [0.1, 0.15) is 103 Å². The van der Waals surface area contributed by atoms with Crippen LogP contribution < -0.4 is 34.7 Å². The van der Waals surface area contributed by atoms with Crippen molar-refractivity contribution >= 4 is 118 Å². The number of carbonyl (C=O) groups excluding carboxylic acids is 3. The van der Waals surface area contributed by atoms with Gasteiger partial charge in [-0.25, -0.2) is 41.7 Å². The number of pyridine rings is 3. The lowest BCUT2D eigenvalue weighted by molar-refractivity contribution is -0.169. The van der Waals surface area contributed by atoms with E-state index in [4.69, 9.17) is 49.6 Å². The molecule has 20 rings (SSSR count). The average Bonchev–Trinajstić information content (AvgIpc) is 1.66. The molecule has 3 N–H and O–H groups in total. The smallest absolute Gasteiger partial charge is 0.311 e. The number of nitrogens with zero attached hydrogens (tertiary/aromatic N) is 20. The Bertz CT molecular complexity index is 6520. The first-order valence-electron chi connectivity index (χ1n) is 43.8. The largest absolute Gasteiger partial charge is 0.469 e. The van der Waals surface area contributed by atoms with Gasteiger partial charge in [0.15, 0.2) is 33.4 Å². The van der Waals surface area contributed by atoms with Crippen molar-refractivity contribution in [3.8, 4) is 52.0 Å². The van der Waals surface area contributed by atoms with E-state index in [1.165, 1.54) is 88.8 Å². The lowest BCUT2D eigenvalue weighted by atomic mass is 9.72. The number of hydrogen-bond donors (Lipinski definition) is 3. The molecule has 0 saturated carbocycles. The number of carbonyl (C=O) groups is 3. The number of rotatable bonds is 19. The van der Waals surface area contributed by atoms with E-state index >= 15 is 0 Å². The zero-order chi connectivity index (χ0) is 92.8. The van der Waals surface area contributed by atoms with Crippen LogP contribution in [-0.4, -0.2) is 232 Å². The van der Waals surface area contributed by atoms with Crippen molar-refractivity contribution in [3.05, 3.63) is 175 Å². The second-order valence-corrected chi connectivity index (χ2v) is 39.5. The zero-order valence-electron chi connectivity index (χ0n) is 75.6. The Morgan fingerprint density at radius 3 is 1.18 bits per heavy atom. The molecule has 682 valence electrons. The number of aromatic nitrogens is 9. The Balaban J connectivity index is 0.000000130. The number of aliphatic hydroxyl groups is 2. The standard InChI is InChI=1S/C32H34FN7O3S.C29H30FN7O3S.C26H26FN7S.C8H14O3/c1-6-22-28(37(5)30-35-27(26(12-34)44-30)20-7-9-21(33)10-8-20)24-11-23(19(2)13-40(24)36-22)38-15-32(16-38)17-39(18-32)29(41)25-14-42-31(3,4)43-25;1-4-20-26(34(3)28-32-25(24(10-31)41-28)18-5-7-19(30)8-6-18)22-9-21(17(2)11-37(22)33-20)35-13-29(14-35)15-36(16-29)27(40)23(39)12-38;1-4-19-24(32(3)25-30-23(22(10-28)35-25)17-5-7-18(27)8-6-17)21-9-20(16(2)11-34(21)31-19)33-14-26(15-33)12-29-13-26;1-8(2)4-6(5-11-8)7(9)10-3/h7-11,13,25H,6,14-18H2,1-5H3;5-9,11,23,38-39H,4,12-16H2,1-3H3;5-9,11,29H,4,12-15H2,1-3H3;6H,4-5H2,1-3H3. The van der Waals surface area contributed by atoms with Gasteiger partial charge in [0.1, 0.15) is 67.4 Å². The maximum atomic E-state index is 13.6. The second kappa shape index (κ2) is 35.5. The number of fused-ring (bicyclic) bond motifs is 3. The molecule has 3 spiro atoms. The van der Waals surface area contributed by atoms with Gasteiger partial charge in [0, 0.05) is 168 Å². The third kappa shape index (κ3) is 17.4. The van der Waals surface area contributed by atoms with Gasteiger partial charge in [-0.3, -0.25) is 14.4 Å². The predicted octanol–water partition coefficient (Wildman–Crippen LogP) is 13.5. The number of aryl methyl sites for hydroxylation is 6. The summed E-state index contributed by atoms with van der Waals surface area (Å²) >= 11 is 3.93. The summed E-state index contributed by atoms with van der Waals surface area (Å²) in [6.45, 7) is 30.7. The molecule has 8 fully saturated rings. The predicted molar refractivity (Wildman–Crippen MR) is 497 cm³/mol. The molecule has 3 aromatic carbocycles. The van der Waals surface area contributed by atoms with Crippen molar-refractivity contribution in [2.45, 2.75) is 119 Å². The van der Waals surface area contributed by atoms with Crippen LogP contribution in [0.3, 0.4) is 0 Å². The van der Waals surface area contributed by atoms with E-state index in [-0.39, 0.29) is 51.7 Å². The normalized spacial score (nSPS) is 18.6. The van der Waals surface area contributed by atoms with Crippen molar-refractivity contribution in [1.82, 2.24) is 58.9 Å². The minimum absolute atomic E-state index is 0.00316. The number of hydrogen-bond acceptors (Lipinski definition) is 28. The Labute approximate surface area is 768 Å². The van der Waals surface area contributed by atoms with Crippen LogP contribution in [0.2, 0.25) is 0 Å². The van der Waals surface area contributed by atoms with E-state index in [1.807, 2.05) is 88.2 Å². The van der Waals surface area contributed by atoms with Crippen molar-refractivity contribution in [1.29, 1.82) is 15.8 Å². The van der Waals surface area contributed by atoms with Crippen LogP contribution in [0.5, 0.6) is 0 Å². The van der Waals surface area contributed by atoms with Crippen LogP contribution in [0.15, 0.2) is 110 Å². The minimum atomic E-state index is -1.35. The van der Waals surface area contributed by atoms with Crippen molar-refractivity contribution < 1.29 is 56.7 Å². The van der Waals surface area contributed by atoms with E-state index in [0.717, 1.165) is 163 Å². The fourth-order valence-electron chi connectivity index (χ4n) is 19.2. The fourth-order valence-corrected chi connectivity index (χ4v) is 21.7. The highest BCUT2D eigenvalue weighted by molar-refractivity contribution is 7.17. The SMILES string of the molecule is CCc1nn2cc(C)c(N3CC4(CN(C(=O)C(O)CO)C4)C3)cc2c1N(C)c1nc(-c2ccc(F)cc2)c(C#N)s1.CCc1nn2cc(C)c(N3CC4(CN(C(=O)C5COC(C)(C)O5)C4)C3)cc2c1N(C)c1nc(-c2ccc(F)cc2)c(C#N)s1.CCc1nn2cc(C)c(N3CC4(CNC4)C3)cc2c1N(C)c1nc(-c2ccc(F)cc2)c(C#N)s1.COC(=O)C1COC(C)(C)C1. The first-order valence-corrected chi connectivity index (χ1v) is 46.2. The van der Waals surface area contributed by atoms with E-state index in [9.17, 15) is 48.4 Å². The number of anilines is 9. The van der Waals surface area contributed by atoms with Crippen LogP contribution in [0.25, 0.3) is 50.3 Å². The monoisotopic (exact) mass is 1840 g/mol. The number of benzene rings is 3. The molecular formula is C95H104F3N21O9S3. The number of nitrogens with one attached hydrogen (secondary N) is 1. The highest BCUT2D eigenvalue weighted by Gasteiger charge is 2.57. The van der Waals surface area contributed by atoms with Crippen LogP contribution >= 0.6 is 34.0 Å². The summed E-state index contributed by atoms with van der Waals surface area (Å²) in [5.41, 5.74) is 19.6. The summed E-state index contributed by atoms with van der Waals surface area (Å²) in [4.78, 5) is 68.6. The molecule has 36 heteroatoms. The number of nitriles is 3. The zero-order valence-corrected chi connectivity index (χ0v) is 78.1. The van der Waals surface area contributed by atoms with Gasteiger partial charge in [-0.05, 0) is 182 Å². The number of methoxy groups -OCH3 is 1. The first kappa shape index (κ1) is 90.8. The topological polar surface area (TPSA) is 328 Å². The lowest BCUT2D eigenvalue weighted by Gasteiger charge is -2.61. The van der Waals surface area contributed by atoms with E-state index in [2.05, 4.69) is 115 Å². The van der Waals surface area contributed by atoms with Gasteiger partial charge >= 0.3 is 5.97 Å². The molecule has 30 nitrogen and oxygen atoms in total. The van der Waals surface area contributed by atoms with Gasteiger partial charge in [-0.2, -0.15) is 31.1 Å². The number of esters is 1. The number of halogens is 3.